The second-order valence-electron chi connectivity index (χ2n) is 18.1. The highest BCUT2D eigenvalue weighted by Gasteiger charge is 2.68. The number of phenolic OH excluding ortho intramolecular Hbond substituents is 1. The van der Waals surface area contributed by atoms with Crippen LogP contribution in [0.1, 0.15) is 58.3 Å². The summed E-state index contributed by atoms with van der Waals surface area (Å²) < 4.78 is 8.66. The molecule has 5 aromatic carbocycles. The van der Waals surface area contributed by atoms with Crippen LogP contribution >= 0.6 is 22.9 Å². The van der Waals surface area contributed by atoms with Crippen molar-refractivity contribution < 1.29 is 33.8 Å². The Hall–Kier alpha value is -7.15. The maximum Gasteiger partial charge on any atom is 0.242 e. The Kier molecular flexibility index (Phi) is 10.2. The fraction of sp³-hybridized carbons (Fsp3) is 0.222. The van der Waals surface area contributed by atoms with E-state index in [0.717, 1.165) is 31.7 Å². The van der Waals surface area contributed by atoms with Crippen molar-refractivity contribution in [3.63, 3.8) is 0 Å². The molecular formula is C54H43ClN4O7S. The van der Waals surface area contributed by atoms with Crippen molar-refractivity contribution in [2.24, 2.45) is 36.1 Å². The topological polar surface area (TPSA) is 139 Å². The lowest BCUT2D eigenvalue weighted by molar-refractivity contribution is -0.131. The van der Waals surface area contributed by atoms with Crippen molar-refractivity contribution in [2.75, 3.05) is 9.80 Å². The third-order valence-electron chi connectivity index (χ3n) is 14.5. The third-order valence-corrected chi connectivity index (χ3v) is 16.0. The number of benzene rings is 5. The van der Waals surface area contributed by atoms with Crippen LogP contribution in [0.25, 0.3) is 20.7 Å². The number of thiophene rings is 1. The second-order valence-corrected chi connectivity index (χ2v) is 19.6. The lowest BCUT2D eigenvalue weighted by Gasteiger charge is -2.49. The minimum atomic E-state index is -1.42. The molecule has 2 saturated heterocycles. The van der Waals surface area contributed by atoms with Crippen LogP contribution in [0, 0.1) is 36.0 Å². The van der Waals surface area contributed by atoms with E-state index in [4.69, 9.17) is 21.4 Å². The smallest absolute Gasteiger partial charge is 0.242 e. The summed E-state index contributed by atoms with van der Waals surface area (Å²) in [5.74, 6) is -5.24. The molecule has 4 heterocycles. The molecule has 4 aliphatic rings. The number of carbonyl (C=O) groups excluding carboxylic acids is 5. The summed E-state index contributed by atoms with van der Waals surface area (Å²) in [4.78, 5) is 76.4. The van der Waals surface area contributed by atoms with Gasteiger partial charge in [0.25, 0.3) is 0 Å². The van der Waals surface area contributed by atoms with Gasteiger partial charge in [-0.25, -0.2) is 4.90 Å². The number of aryl methyl sites for hydroxylation is 2. The Labute approximate surface area is 394 Å². The van der Waals surface area contributed by atoms with Crippen LogP contribution in [0.5, 0.6) is 11.5 Å². The van der Waals surface area contributed by atoms with E-state index in [-0.39, 0.29) is 36.9 Å². The van der Waals surface area contributed by atoms with Crippen molar-refractivity contribution in [3.8, 4) is 22.1 Å². The molecule has 0 spiro atoms. The zero-order valence-electron chi connectivity index (χ0n) is 36.7. The van der Waals surface area contributed by atoms with Crippen LogP contribution < -0.4 is 14.5 Å². The van der Waals surface area contributed by atoms with Gasteiger partial charge in [0.05, 0.1) is 33.7 Å². The zero-order valence-corrected chi connectivity index (χ0v) is 38.3. The van der Waals surface area contributed by atoms with Gasteiger partial charge in [-0.2, -0.15) is 5.10 Å². The molecule has 2 aromatic heterocycles. The Morgan fingerprint density at radius 1 is 0.836 bits per heavy atom. The number of aromatic nitrogens is 2. The van der Waals surface area contributed by atoms with E-state index < -0.39 is 52.7 Å². The first-order valence-electron chi connectivity index (χ1n) is 22.2. The van der Waals surface area contributed by atoms with Gasteiger partial charge in [-0.15, -0.1) is 11.3 Å². The molecule has 0 radical (unpaired) electrons. The first-order chi connectivity index (χ1) is 32.3. The minimum absolute atomic E-state index is 0.123. The van der Waals surface area contributed by atoms with Crippen LogP contribution in [0.2, 0.25) is 5.02 Å². The molecule has 11 nitrogen and oxygen atoms in total. The van der Waals surface area contributed by atoms with Crippen molar-refractivity contribution in [1.82, 2.24) is 9.78 Å². The van der Waals surface area contributed by atoms with E-state index >= 15 is 9.59 Å². The van der Waals surface area contributed by atoms with Gasteiger partial charge >= 0.3 is 0 Å². The number of carbonyl (C=O) groups is 5. The molecule has 0 unspecified atom stereocenters. The Balaban J connectivity index is 0.970. The Bertz CT molecular complexity index is 3250. The number of imide groups is 2. The standard InChI is InChI=1S/C54H43ClN4O7S/c1-29-39-24-33(55)16-23-44(39)67-49(29)42-27-45(57(3)56-42)59-51(63)41-26-40-36(47(54(41,2)53(59)65)37-20-19-35(25-43(37)60)66-28-30-10-6-4-7-11-30)21-22-38-46(40)52(64)58(50(38)62)34-17-14-32(15-18-34)48(61)31-12-8-5-9-13-31/h4-21,23-25,27,38,40-41,46-47,60H,22,26,28H2,1-3H3/t38-,40+,41-,46-,47+,54+/m0/s1. The monoisotopic (exact) mass is 926 g/mol. The fourth-order valence-corrected chi connectivity index (χ4v) is 12.5. The SMILES string of the molecule is Cc1c(-c2cc(N3C(=O)[C@@H]4C[C@@H]5C(=CC[C@@H]6C(=O)N(c7ccc(C(=O)c8ccccc8)cc7)C(=O)[C@@H]65)[C@H](c5ccc(OCc6ccccc6)cc5O)[C@]4(C)C3=O)n(C)n2)sc2ccc(Cl)cc12. The first-order valence-corrected chi connectivity index (χ1v) is 23.4. The molecule has 334 valence electrons. The average molecular weight is 927 g/mol. The number of phenols is 1. The number of rotatable bonds is 9. The number of nitrogens with zero attached hydrogens (tertiary/aromatic N) is 4. The van der Waals surface area contributed by atoms with Crippen molar-refractivity contribution in [2.45, 2.75) is 39.2 Å². The summed E-state index contributed by atoms with van der Waals surface area (Å²) in [6.07, 6.45) is 2.29. The average Bonchev–Trinajstić information content (AvgIpc) is 4.01. The van der Waals surface area contributed by atoms with Gasteiger partial charge in [-0.05, 0) is 97.7 Å². The number of ketones is 1. The number of fused-ring (bicyclic) bond motifs is 5. The Morgan fingerprint density at radius 2 is 1.55 bits per heavy atom. The number of amides is 4. The van der Waals surface area contributed by atoms with Crippen LogP contribution in [-0.2, 0) is 32.8 Å². The van der Waals surface area contributed by atoms with E-state index in [1.807, 2.05) is 67.6 Å². The van der Waals surface area contributed by atoms with Gasteiger partial charge in [0, 0.05) is 51.5 Å². The van der Waals surface area contributed by atoms with E-state index in [1.165, 1.54) is 15.9 Å². The molecule has 67 heavy (non-hydrogen) atoms. The summed E-state index contributed by atoms with van der Waals surface area (Å²) in [5.41, 5.74) is 3.52. The van der Waals surface area contributed by atoms with Crippen molar-refractivity contribution in [1.29, 1.82) is 0 Å². The number of halogens is 1. The highest BCUT2D eigenvalue weighted by atomic mass is 35.5. The molecule has 1 saturated carbocycles. The van der Waals surface area contributed by atoms with Crippen LogP contribution in [0.15, 0.2) is 139 Å². The fourth-order valence-electron chi connectivity index (χ4n) is 11.2. The van der Waals surface area contributed by atoms with Crippen LogP contribution in [0.4, 0.5) is 11.5 Å². The molecule has 7 aromatic rings. The van der Waals surface area contributed by atoms with Crippen LogP contribution in [-0.4, -0.2) is 44.3 Å². The number of allylic oxidation sites excluding steroid dienone is 2. The summed E-state index contributed by atoms with van der Waals surface area (Å²) in [6.45, 7) is 4.05. The predicted molar refractivity (Wildman–Crippen MR) is 256 cm³/mol. The summed E-state index contributed by atoms with van der Waals surface area (Å²) in [6, 6.07) is 37.5. The highest BCUT2D eigenvalue weighted by Crippen LogP contribution is 2.64. The summed E-state index contributed by atoms with van der Waals surface area (Å²) >= 11 is 7.91. The predicted octanol–water partition coefficient (Wildman–Crippen LogP) is 10.2. The molecule has 4 amide bonds. The lowest BCUT2D eigenvalue weighted by Crippen LogP contribution is -2.49. The largest absolute Gasteiger partial charge is 0.508 e. The molecule has 11 rings (SSSR count). The number of hydrogen-bond donors (Lipinski definition) is 1. The number of anilines is 2. The quantitative estimate of drug-likeness (QED) is 0.0858. The molecule has 2 aliphatic heterocycles. The van der Waals surface area contributed by atoms with Gasteiger partial charge in [0.1, 0.15) is 29.6 Å². The van der Waals surface area contributed by atoms with Gasteiger partial charge < -0.3 is 9.84 Å². The van der Waals surface area contributed by atoms with Gasteiger partial charge in [0.2, 0.25) is 23.6 Å². The molecule has 1 N–H and O–H groups in total. The Morgan fingerprint density at radius 3 is 2.28 bits per heavy atom. The van der Waals surface area contributed by atoms with E-state index in [0.29, 0.717) is 44.7 Å². The van der Waals surface area contributed by atoms with E-state index in [9.17, 15) is 19.5 Å². The first kappa shape index (κ1) is 42.5. The summed E-state index contributed by atoms with van der Waals surface area (Å²) in [5, 5.41) is 18.4. The maximum absolute atomic E-state index is 15.4. The zero-order chi connectivity index (χ0) is 46.5. The third kappa shape index (κ3) is 6.67. The van der Waals surface area contributed by atoms with Gasteiger partial charge in [-0.1, -0.05) is 90.0 Å². The van der Waals surface area contributed by atoms with Crippen molar-refractivity contribution in [3.05, 3.63) is 172 Å². The normalized spacial score (nSPS) is 23.3. The molecule has 0 bridgehead atoms. The molecule has 2 aliphatic carbocycles. The van der Waals surface area contributed by atoms with Crippen molar-refractivity contribution >= 4 is 73.9 Å². The molecular weight excluding hydrogens is 884 g/mol. The minimum Gasteiger partial charge on any atom is -0.508 e. The highest BCUT2D eigenvalue weighted by molar-refractivity contribution is 7.22. The number of hydrogen-bond acceptors (Lipinski definition) is 9. The lowest BCUT2D eigenvalue weighted by atomic mass is 9.51. The van der Waals surface area contributed by atoms with Crippen LogP contribution in [0.3, 0.4) is 0 Å². The van der Waals surface area contributed by atoms with Gasteiger partial charge in [-0.3, -0.25) is 33.6 Å². The maximum atomic E-state index is 15.4. The molecule has 3 fully saturated rings. The molecule has 13 heteroatoms. The summed E-state index contributed by atoms with van der Waals surface area (Å²) in [7, 11) is 1.70. The van der Waals surface area contributed by atoms with Gasteiger partial charge in [0.15, 0.2) is 5.78 Å². The number of ether oxygens (including phenoxy) is 1. The second kappa shape index (κ2) is 16.0. The van der Waals surface area contributed by atoms with E-state index in [2.05, 4.69) is 0 Å². The number of aromatic hydroxyl groups is 1. The van der Waals surface area contributed by atoms with E-state index in [1.54, 1.807) is 96.7 Å². The molecule has 6 atom stereocenters.